The maximum absolute atomic E-state index is 13.2. The van der Waals surface area contributed by atoms with E-state index < -0.39 is 11.7 Å². The molecule has 0 aliphatic carbocycles. The standard InChI is InChI=1S/C25H17F2N3O/c26-20-7-5-17(6-8-20)15-30-16-19(23-3-1-2-4-24(23)30)13-18(14-28)25(31)29-22-11-9-21(27)10-12-22/h1-13,16H,15H2,(H,29,31)/b18-13-. The summed E-state index contributed by atoms with van der Waals surface area (Å²) in [5, 5.41) is 13.0. The Kier molecular flexibility index (Phi) is 5.59. The maximum atomic E-state index is 13.2. The Labute approximate surface area is 177 Å². The molecule has 0 unspecified atom stereocenters. The van der Waals surface area contributed by atoms with Gasteiger partial charge in [-0.15, -0.1) is 0 Å². The van der Waals surface area contributed by atoms with Crippen molar-refractivity contribution < 1.29 is 13.6 Å². The van der Waals surface area contributed by atoms with E-state index in [2.05, 4.69) is 5.32 Å². The van der Waals surface area contributed by atoms with E-state index in [9.17, 15) is 18.8 Å². The molecule has 6 heteroatoms. The Hall–Kier alpha value is -4.24. The third-order valence-corrected chi connectivity index (χ3v) is 4.85. The number of anilines is 1. The van der Waals surface area contributed by atoms with Gasteiger partial charge in [0.15, 0.2) is 0 Å². The van der Waals surface area contributed by atoms with Crippen LogP contribution in [-0.2, 0) is 11.3 Å². The molecule has 1 aromatic heterocycles. The molecule has 0 bridgehead atoms. The molecule has 152 valence electrons. The predicted octanol–water partition coefficient (Wildman–Crippen LogP) is 5.51. The van der Waals surface area contributed by atoms with Gasteiger partial charge in [-0.25, -0.2) is 8.78 Å². The summed E-state index contributed by atoms with van der Waals surface area (Å²) in [5.74, 6) is -1.29. The first-order valence-corrected chi connectivity index (χ1v) is 9.54. The highest BCUT2D eigenvalue weighted by Gasteiger charge is 2.13. The van der Waals surface area contributed by atoms with Gasteiger partial charge in [0.05, 0.1) is 0 Å². The monoisotopic (exact) mass is 413 g/mol. The fraction of sp³-hybridized carbons (Fsp3) is 0.0400. The number of carbonyl (C=O) groups is 1. The summed E-state index contributed by atoms with van der Waals surface area (Å²) in [5.41, 5.74) is 2.88. The number of amides is 1. The maximum Gasteiger partial charge on any atom is 0.266 e. The van der Waals surface area contributed by atoms with Gasteiger partial charge in [0.2, 0.25) is 0 Å². The smallest absolute Gasteiger partial charge is 0.266 e. The minimum absolute atomic E-state index is 0.0750. The second-order valence-electron chi connectivity index (χ2n) is 6.99. The van der Waals surface area contributed by atoms with Crippen LogP contribution in [0.2, 0.25) is 0 Å². The molecular weight excluding hydrogens is 396 g/mol. The lowest BCUT2D eigenvalue weighted by molar-refractivity contribution is -0.112. The summed E-state index contributed by atoms with van der Waals surface area (Å²) >= 11 is 0. The Morgan fingerprint density at radius 1 is 0.968 bits per heavy atom. The van der Waals surface area contributed by atoms with Gasteiger partial charge in [0.25, 0.3) is 5.91 Å². The molecule has 1 amide bonds. The zero-order valence-electron chi connectivity index (χ0n) is 16.3. The summed E-state index contributed by atoms with van der Waals surface area (Å²) in [4.78, 5) is 12.6. The number of hydrogen-bond donors (Lipinski definition) is 1. The van der Waals surface area contributed by atoms with E-state index in [1.54, 1.807) is 12.1 Å². The highest BCUT2D eigenvalue weighted by molar-refractivity contribution is 6.10. The predicted molar refractivity (Wildman–Crippen MR) is 116 cm³/mol. The molecule has 4 rings (SSSR count). The van der Waals surface area contributed by atoms with Gasteiger partial charge in [0.1, 0.15) is 23.3 Å². The first kappa shape index (κ1) is 20.0. The van der Waals surface area contributed by atoms with Crippen LogP contribution >= 0.6 is 0 Å². The molecule has 4 aromatic rings. The number of nitrogens with zero attached hydrogens (tertiary/aromatic N) is 2. The van der Waals surface area contributed by atoms with Gasteiger partial charge in [-0.3, -0.25) is 4.79 Å². The van der Waals surface area contributed by atoms with Crippen molar-refractivity contribution in [1.82, 2.24) is 4.57 Å². The average molecular weight is 413 g/mol. The molecule has 0 radical (unpaired) electrons. The highest BCUT2D eigenvalue weighted by Crippen LogP contribution is 2.25. The van der Waals surface area contributed by atoms with Crippen LogP contribution in [0.25, 0.3) is 17.0 Å². The highest BCUT2D eigenvalue weighted by atomic mass is 19.1. The topological polar surface area (TPSA) is 57.8 Å². The molecule has 1 N–H and O–H groups in total. The van der Waals surface area contributed by atoms with Gasteiger partial charge in [0, 0.05) is 34.9 Å². The van der Waals surface area contributed by atoms with Crippen molar-refractivity contribution in [2.75, 3.05) is 5.32 Å². The fourth-order valence-corrected chi connectivity index (χ4v) is 3.34. The number of hydrogen-bond acceptors (Lipinski definition) is 2. The van der Waals surface area contributed by atoms with Gasteiger partial charge in [-0.2, -0.15) is 5.26 Å². The van der Waals surface area contributed by atoms with Crippen LogP contribution in [0, 0.1) is 23.0 Å². The van der Waals surface area contributed by atoms with Crippen LogP contribution in [0.15, 0.2) is 84.6 Å². The number of nitrogens with one attached hydrogen (secondary N) is 1. The van der Waals surface area contributed by atoms with Crippen molar-refractivity contribution in [3.05, 3.63) is 107 Å². The van der Waals surface area contributed by atoms with Crippen molar-refractivity contribution in [3.63, 3.8) is 0 Å². The Morgan fingerprint density at radius 3 is 2.29 bits per heavy atom. The molecule has 1 heterocycles. The van der Waals surface area contributed by atoms with Gasteiger partial charge < -0.3 is 9.88 Å². The van der Waals surface area contributed by atoms with Crippen LogP contribution in [0.3, 0.4) is 0 Å². The van der Waals surface area contributed by atoms with E-state index in [1.165, 1.54) is 42.5 Å². The van der Waals surface area contributed by atoms with Gasteiger partial charge >= 0.3 is 0 Å². The lowest BCUT2D eigenvalue weighted by Crippen LogP contribution is -2.13. The number of fused-ring (bicyclic) bond motifs is 1. The minimum atomic E-state index is -0.579. The number of benzene rings is 3. The summed E-state index contributed by atoms with van der Waals surface area (Å²) in [6.45, 7) is 0.512. The summed E-state index contributed by atoms with van der Waals surface area (Å²) in [6.07, 6.45) is 3.39. The van der Waals surface area contributed by atoms with E-state index >= 15 is 0 Å². The Morgan fingerprint density at radius 2 is 1.61 bits per heavy atom. The molecule has 3 aromatic carbocycles. The van der Waals surface area contributed by atoms with Crippen molar-refractivity contribution in [3.8, 4) is 6.07 Å². The Bertz CT molecular complexity index is 1310. The van der Waals surface area contributed by atoms with Crippen LogP contribution in [0.4, 0.5) is 14.5 Å². The summed E-state index contributed by atoms with van der Waals surface area (Å²) in [6, 6.07) is 21.2. The van der Waals surface area contributed by atoms with Crippen LogP contribution in [0.1, 0.15) is 11.1 Å². The zero-order valence-corrected chi connectivity index (χ0v) is 16.3. The quantitative estimate of drug-likeness (QED) is 0.346. The molecule has 0 spiro atoms. The molecular formula is C25H17F2N3O. The third kappa shape index (κ3) is 4.51. The first-order valence-electron chi connectivity index (χ1n) is 9.54. The van der Waals surface area contributed by atoms with Crippen molar-refractivity contribution >= 4 is 28.6 Å². The largest absolute Gasteiger partial charge is 0.342 e. The molecule has 4 nitrogen and oxygen atoms in total. The minimum Gasteiger partial charge on any atom is -0.342 e. The van der Waals surface area contributed by atoms with Crippen molar-refractivity contribution in [2.24, 2.45) is 0 Å². The van der Waals surface area contributed by atoms with E-state index in [1.807, 2.05) is 41.1 Å². The molecule has 0 aliphatic rings. The lowest BCUT2D eigenvalue weighted by Gasteiger charge is -2.05. The number of carbonyl (C=O) groups excluding carboxylic acids is 1. The van der Waals surface area contributed by atoms with Crippen molar-refractivity contribution in [1.29, 1.82) is 5.26 Å². The molecule has 0 aliphatic heterocycles. The number of halogens is 2. The van der Waals surface area contributed by atoms with Gasteiger partial charge in [-0.1, -0.05) is 30.3 Å². The third-order valence-electron chi connectivity index (χ3n) is 4.85. The SMILES string of the molecule is N#C/C(=C/c1cn(Cc2ccc(F)cc2)c2ccccc12)C(=O)Nc1ccc(F)cc1. The fourth-order valence-electron chi connectivity index (χ4n) is 3.34. The Balaban J connectivity index is 1.66. The molecule has 31 heavy (non-hydrogen) atoms. The number of rotatable bonds is 5. The number of nitriles is 1. The van der Waals surface area contributed by atoms with Crippen LogP contribution < -0.4 is 5.32 Å². The van der Waals surface area contributed by atoms with Crippen LogP contribution in [-0.4, -0.2) is 10.5 Å². The molecule has 0 atom stereocenters. The molecule has 0 saturated carbocycles. The summed E-state index contributed by atoms with van der Waals surface area (Å²) in [7, 11) is 0. The van der Waals surface area contributed by atoms with Crippen LogP contribution in [0.5, 0.6) is 0 Å². The normalized spacial score (nSPS) is 11.3. The lowest BCUT2D eigenvalue weighted by atomic mass is 10.1. The number of aromatic nitrogens is 1. The average Bonchev–Trinajstić information content (AvgIpc) is 3.12. The molecule has 0 saturated heterocycles. The first-order chi connectivity index (χ1) is 15.0. The van der Waals surface area contributed by atoms with E-state index in [4.69, 9.17) is 0 Å². The molecule has 0 fully saturated rings. The van der Waals surface area contributed by atoms with E-state index in [-0.39, 0.29) is 11.4 Å². The number of para-hydroxylation sites is 1. The second kappa shape index (κ2) is 8.64. The van der Waals surface area contributed by atoms with E-state index in [0.717, 1.165) is 16.5 Å². The second-order valence-corrected chi connectivity index (χ2v) is 6.99. The van der Waals surface area contributed by atoms with E-state index in [0.29, 0.717) is 17.8 Å². The van der Waals surface area contributed by atoms with Gasteiger partial charge in [-0.05, 0) is 54.1 Å². The van der Waals surface area contributed by atoms with Crippen molar-refractivity contribution in [2.45, 2.75) is 6.54 Å². The summed E-state index contributed by atoms with van der Waals surface area (Å²) < 4.78 is 28.3. The zero-order chi connectivity index (χ0) is 21.8.